The summed E-state index contributed by atoms with van der Waals surface area (Å²) in [7, 11) is 1.94. The number of nitrogens with zero attached hydrogens (tertiary/aromatic N) is 1. The van der Waals surface area contributed by atoms with Crippen LogP contribution in [-0.4, -0.2) is 22.6 Å². The van der Waals surface area contributed by atoms with Crippen molar-refractivity contribution in [1.82, 2.24) is 9.88 Å². The Balaban J connectivity index is 1.77. The molecule has 0 aliphatic heterocycles. The average Bonchev–Trinajstić information content (AvgIpc) is 2.79. The highest BCUT2D eigenvalue weighted by Crippen LogP contribution is 2.20. The number of rotatable bonds is 2. The van der Waals surface area contributed by atoms with Gasteiger partial charge in [-0.15, -0.1) is 0 Å². The van der Waals surface area contributed by atoms with Crippen molar-refractivity contribution < 1.29 is 4.79 Å². The van der Waals surface area contributed by atoms with E-state index >= 15 is 0 Å². The molecule has 1 aromatic heterocycles. The fourth-order valence-corrected chi connectivity index (χ4v) is 3.03. The molecule has 106 valence electrons. The van der Waals surface area contributed by atoms with Crippen LogP contribution in [0.15, 0.2) is 30.3 Å². The van der Waals surface area contributed by atoms with E-state index in [9.17, 15) is 4.79 Å². The van der Waals surface area contributed by atoms with Crippen LogP contribution in [0.5, 0.6) is 0 Å². The molecule has 4 heteroatoms. The lowest BCUT2D eigenvalue weighted by atomic mass is 9.92. The zero-order valence-corrected chi connectivity index (χ0v) is 11.8. The van der Waals surface area contributed by atoms with Crippen molar-refractivity contribution in [2.45, 2.75) is 37.8 Å². The van der Waals surface area contributed by atoms with E-state index in [1.54, 1.807) is 0 Å². The SMILES string of the molecule is Cn1c(C(=O)NC2CCC(N)CC2)cc2ccccc21. The normalized spacial score (nSPS) is 22.9. The number of amides is 1. The number of hydrogen-bond donors (Lipinski definition) is 2. The molecule has 0 bridgehead atoms. The number of benzene rings is 1. The highest BCUT2D eigenvalue weighted by molar-refractivity contribution is 5.98. The van der Waals surface area contributed by atoms with Gasteiger partial charge in [0.2, 0.25) is 0 Å². The van der Waals surface area contributed by atoms with Gasteiger partial charge in [0.05, 0.1) is 0 Å². The minimum Gasteiger partial charge on any atom is -0.348 e. The van der Waals surface area contributed by atoms with Crippen molar-refractivity contribution in [2.75, 3.05) is 0 Å². The molecular weight excluding hydrogens is 250 g/mol. The quantitative estimate of drug-likeness (QED) is 0.879. The second kappa shape index (κ2) is 5.29. The summed E-state index contributed by atoms with van der Waals surface area (Å²) in [6.07, 6.45) is 3.97. The molecule has 0 atom stereocenters. The molecule has 1 heterocycles. The average molecular weight is 271 g/mol. The number of aryl methyl sites for hydroxylation is 1. The molecule has 1 fully saturated rings. The van der Waals surface area contributed by atoms with Gasteiger partial charge in [0.1, 0.15) is 5.69 Å². The molecule has 4 nitrogen and oxygen atoms in total. The van der Waals surface area contributed by atoms with E-state index < -0.39 is 0 Å². The van der Waals surface area contributed by atoms with Crippen LogP contribution in [0.3, 0.4) is 0 Å². The largest absolute Gasteiger partial charge is 0.348 e. The van der Waals surface area contributed by atoms with Crippen molar-refractivity contribution in [3.63, 3.8) is 0 Å². The van der Waals surface area contributed by atoms with Crippen molar-refractivity contribution in [1.29, 1.82) is 0 Å². The van der Waals surface area contributed by atoms with Crippen molar-refractivity contribution in [3.8, 4) is 0 Å². The van der Waals surface area contributed by atoms with Crippen LogP contribution in [0.4, 0.5) is 0 Å². The highest BCUT2D eigenvalue weighted by atomic mass is 16.2. The summed E-state index contributed by atoms with van der Waals surface area (Å²) in [6, 6.07) is 10.6. The molecule has 1 amide bonds. The van der Waals surface area contributed by atoms with Crippen LogP contribution in [0, 0.1) is 0 Å². The smallest absolute Gasteiger partial charge is 0.268 e. The van der Waals surface area contributed by atoms with E-state index in [-0.39, 0.29) is 11.9 Å². The van der Waals surface area contributed by atoms with Crippen LogP contribution >= 0.6 is 0 Å². The topological polar surface area (TPSA) is 60.0 Å². The van der Waals surface area contributed by atoms with Gasteiger partial charge in [-0.3, -0.25) is 4.79 Å². The van der Waals surface area contributed by atoms with Crippen LogP contribution in [0.25, 0.3) is 10.9 Å². The number of fused-ring (bicyclic) bond motifs is 1. The first-order valence-corrected chi connectivity index (χ1v) is 7.26. The molecule has 0 spiro atoms. The van der Waals surface area contributed by atoms with Gasteiger partial charge >= 0.3 is 0 Å². The number of hydrogen-bond acceptors (Lipinski definition) is 2. The zero-order valence-electron chi connectivity index (χ0n) is 11.8. The minimum absolute atomic E-state index is 0.0178. The lowest BCUT2D eigenvalue weighted by Crippen LogP contribution is -2.40. The first-order valence-electron chi connectivity index (χ1n) is 7.26. The fourth-order valence-electron chi connectivity index (χ4n) is 3.03. The predicted molar refractivity (Wildman–Crippen MR) is 80.6 cm³/mol. The van der Waals surface area contributed by atoms with Crippen molar-refractivity contribution in [2.24, 2.45) is 12.8 Å². The maximum absolute atomic E-state index is 12.4. The number of nitrogens with one attached hydrogen (secondary N) is 1. The standard InChI is InChI=1S/C16H21N3O/c1-19-14-5-3-2-4-11(14)10-15(19)16(20)18-13-8-6-12(17)7-9-13/h2-5,10,12-13H,6-9,17H2,1H3,(H,18,20). The van der Waals surface area contributed by atoms with Gasteiger partial charge < -0.3 is 15.6 Å². The Morgan fingerprint density at radius 2 is 1.95 bits per heavy atom. The monoisotopic (exact) mass is 271 g/mol. The Kier molecular flexibility index (Phi) is 3.49. The lowest BCUT2D eigenvalue weighted by molar-refractivity contribution is 0.0918. The van der Waals surface area contributed by atoms with Gasteiger partial charge in [-0.1, -0.05) is 18.2 Å². The zero-order chi connectivity index (χ0) is 14.1. The molecule has 0 unspecified atom stereocenters. The summed E-state index contributed by atoms with van der Waals surface area (Å²) in [6.45, 7) is 0. The van der Waals surface area contributed by atoms with Gasteiger partial charge in [-0.2, -0.15) is 0 Å². The highest BCUT2D eigenvalue weighted by Gasteiger charge is 2.22. The molecule has 20 heavy (non-hydrogen) atoms. The molecule has 3 N–H and O–H groups in total. The van der Waals surface area contributed by atoms with E-state index in [1.165, 1.54) is 0 Å². The van der Waals surface area contributed by atoms with Gasteiger partial charge in [0, 0.05) is 30.0 Å². The van der Waals surface area contributed by atoms with Gasteiger partial charge in [0.15, 0.2) is 0 Å². The maximum atomic E-state index is 12.4. The molecular formula is C16H21N3O. The Labute approximate surface area is 118 Å². The number of nitrogens with two attached hydrogens (primary N) is 1. The molecule has 2 aromatic rings. The Morgan fingerprint density at radius 3 is 2.65 bits per heavy atom. The van der Waals surface area contributed by atoms with E-state index in [0.29, 0.717) is 6.04 Å². The summed E-state index contributed by atoms with van der Waals surface area (Å²) >= 11 is 0. The molecule has 1 saturated carbocycles. The van der Waals surface area contributed by atoms with Crippen LogP contribution in [0.2, 0.25) is 0 Å². The fraction of sp³-hybridized carbons (Fsp3) is 0.438. The molecule has 1 aromatic carbocycles. The molecule has 0 saturated heterocycles. The first kappa shape index (κ1) is 13.2. The predicted octanol–water partition coefficient (Wildman–Crippen LogP) is 2.18. The molecule has 1 aliphatic rings. The van der Waals surface area contributed by atoms with Crippen molar-refractivity contribution >= 4 is 16.8 Å². The van der Waals surface area contributed by atoms with Crippen LogP contribution < -0.4 is 11.1 Å². The van der Waals surface area contributed by atoms with Gasteiger partial charge in [-0.25, -0.2) is 0 Å². The maximum Gasteiger partial charge on any atom is 0.268 e. The van der Waals surface area contributed by atoms with Gasteiger partial charge in [-0.05, 0) is 37.8 Å². The summed E-state index contributed by atoms with van der Waals surface area (Å²) in [5, 5.41) is 4.24. The summed E-state index contributed by atoms with van der Waals surface area (Å²) in [5.41, 5.74) is 7.71. The van der Waals surface area contributed by atoms with E-state index in [4.69, 9.17) is 5.73 Å². The summed E-state index contributed by atoms with van der Waals surface area (Å²) in [4.78, 5) is 12.4. The minimum atomic E-state index is 0.0178. The van der Waals surface area contributed by atoms with E-state index in [2.05, 4.69) is 5.32 Å². The van der Waals surface area contributed by atoms with Crippen molar-refractivity contribution in [3.05, 3.63) is 36.0 Å². The third-order valence-corrected chi connectivity index (χ3v) is 4.29. The van der Waals surface area contributed by atoms with Crippen LogP contribution in [0.1, 0.15) is 36.2 Å². The Hall–Kier alpha value is -1.81. The second-order valence-electron chi connectivity index (χ2n) is 5.73. The van der Waals surface area contributed by atoms with E-state index in [1.807, 2.05) is 41.9 Å². The molecule has 3 rings (SSSR count). The van der Waals surface area contributed by atoms with Gasteiger partial charge in [0.25, 0.3) is 5.91 Å². The Morgan fingerprint density at radius 1 is 1.25 bits per heavy atom. The summed E-state index contributed by atoms with van der Waals surface area (Å²) in [5.74, 6) is 0.0178. The number of carbonyl (C=O) groups excluding carboxylic acids is 1. The third-order valence-electron chi connectivity index (χ3n) is 4.29. The Bertz CT molecular complexity index is 624. The number of carbonyl (C=O) groups is 1. The molecule has 1 aliphatic carbocycles. The second-order valence-corrected chi connectivity index (χ2v) is 5.73. The number of aromatic nitrogens is 1. The molecule has 0 radical (unpaired) electrons. The van der Waals surface area contributed by atoms with E-state index in [0.717, 1.165) is 42.3 Å². The first-order chi connectivity index (χ1) is 9.65. The number of para-hydroxylation sites is 1. The lowest BCUT2D eigenvalue weighted by Gasteiger charge is -2.26. The van der Waals surface area contributed by atoms with Crippen LogP contribution in [-0.2, 0) is 7.05 Å². The summed E-state index contributed by atoms with van der Waals surface area (Å²) < 4.78 is 1.96. The third kappa shape index (κ3) is 2.43.